The van der Waals surface area contributed by atoms with E-state index in [2.05, 4.69) is 15.0 Å². The van der Waals surface area contributed by atoms with Crippen molar-refractivity contribution in [3.63, 3.8) is 0 Å². The van der Waals surface area contributed by atoms with Crippen LogP contribution in [-0.2, 0) is 30.0 Å². The topological polar surface area (TPSA) is 119 Å². The van der Waals surface area contributed by atoms with Crippen molar-refractivity contribution >= 4 is 44.3 Å². The standard InChI is InChI=1S/C24H24ClN5O4S2/c1-16-21(11-10-18(24(16)30(31)32)26-15-23-27-14-22(25)29(23)2)36(33,34)28-19(20-9-6-12-35-20)13-17-7-4-3-5-8-17/h3-12,14,19,26,28H,13,15H2,1-2H3. The lowest BCUT2D eigenvalue weighted by Crippen LogP contribution is -2.30. The van der Waals surface area contributed by atoms with Crippen LogP contribution in [0.4, 0.5) is 11.4 Å². The number of nitrogens with one attached hydrogen (secondary N) is 2. The van der Waals surface area contributed by atoms with Crippen molar-refractivity contribution < 1.29 is 13.3 Å². The summed E-state index contributed by atoms with van der Waals surface area (Å²) >= 11 is 7.46. The van der Waals surface area contributed by atoms with Gasteiger partial charge in [-0.1, -0.05) is 48.0 Å². The van der Waals surface area contributed by atoms with Crippen LogP contribution < -0.4 is 10.0 Å². The summed E-state index contributed by atoms with van der Waals surface area (Å²) in [4.78, 5) is 16.3. The number of rotatable bonds is 10. The summed E-state index contributed by atoms with van der Waals surface area (Å²) in [5, 5.41) is 17.3. The number of halogens is 1. The Kier molecular flexibility index (Phi) is 7.74. The highest BCUT2D eigenvalue weighted by atomic mass is 35.5. The Hall–Kier alpha value is -3.25. The number of sulfonamides is 1. The van der Waals surface area contributed by atoms with Gasteiger partial charge < -0.3 is 9.88 Å². The first-order chi connectivity index (χ1) is 17.2. The minimum Gasteiger partial charge on any atom is -0.372 e. The fourth-order valence-electron chi connectivity index (χ4n) is 3.90. The summed E-state index contributed by atoms with van der Waals surface area (Å²) in [5.41, 5.74) is 0.888. The number of hydrogen-bond donors (Lipinski definition) is 2. The molecular weight excluding hydrogens is 522 g/mol. The zero-order valence-electron chi connectivity index (χ0n) is 19.5. The first-order valence-electron chi connectivity index (χ1n) is 10.9. The van der Waals surface area contributed by atoms with Crippen molar-refractivity contribution in [3.8, 4) is 0 Å². The molecular formula is C24H24ClN5O4S2. The molecule has 188 valence electrons. The fourth-order valence-corrected chi connectivity index (χ4v) is 6.36. The molecule has 2 heterocycles. The Morgan fingerprint density at radius 1 is 1.17 bits per heavy atom. The van der Waals surface area contributed by atoms with Gasteiger partial charge in [0, 0.05) is 17.5 Å². The van der Waals surface area contributed by atoms with Crippen LogP contribution in [0, 0.1) is 17.0 Å². The molecule has 0 saturated carbocycles. The number of nitro groups is 1. The molecule has 0 amide bonds. The van der Waals surface area contributed by atoms with Crippen LogP contribution in [0.3, 0.4) is 0 Å². The third-order valence-corrected chi connectivity index (χ3v) is 8.74. The number of benzene rings is 2. The van der Waals surface area contributed by atoms with Gasteiger partial charge >= 0.3 is 0 Å². The van der Waals surface area contributed by atoms with Crippen molar-refractivity contribution in [3.05, 3.63) is 103 Å². The molecule has 0 aliphatic carbocycles. The van der Waals surface area contributed by atoms with Crippen LogP contribution in [0.5, 0.6) is 0 Å². The molecule has 12 heteroatoms. The second kappa shape index (κ2) is 10.8. The Morgan fingerprint density at radius 3 is 2.53 bits per heavy atom. The minimum absolute atomic E-state index is 0.0417. The van der Waals surface area contributed by atoms with Crippen molar-refractivity contribution in [2.24, 2.45) is 7.05 Å². The van der Waals surface area contributed by atoms with E-state index < -0.39 is 21.0 Å². The van der Waals surface area contributed by atoms with E-state index in [1.54, 1.807) is 11.6 Å². The molecule has 2 aromatic carbocycles. The molecule has 2 aromatic heterocycles. The number of nitro benzene ring substituents is 1. The predicted molar refractivity (Wildman–Crippen MR) is 141 cm³/mol. The molecule has 0 saturated heterocycles. The third kappa shape index (κ3) is 5.59. The first kappa shape index (κ1) is 25.8. The highest BCUT2D eigenvalue weighted by molar-refractivity contribution is 7.89. The summed E-state index contributed by atoms with van der Waals surface area (Å²) in [6, 6.07) is 15.5. The summed E-state index contributed by atoms with van der Waals surface area (Å²) in [5.74, 6) is 0.574. The third-order valence-electron chi connectivity index (χ3n) is 5.78. The summed E-state index contributed by atoms with van der Waals surface area (Å²) < 4.78 is 31.4. The van der Waals surface area contributed by atoms with Gasteiger partial charge in [-0.05, 0) is 42.5 Å². The monoisotopic (exact) mass is 545 g/mol. The van der Waals surface area contributed by atoms with Crippen LogP contribution in [0.2, 0.25) is 5.15 Å². The smallest absolute Gasteiger partial charge is 0.296 e. The average Bonchev–Trinajstić information content (AvgIpc) is 3.48. The van der Waals surface area contributed by atoms with Gasteiger partial charge in [-0.3, -0.25) is 10.1 Å². The predicted octanol–water partition coefficient (Wildman–Crippen LogP) is 5.23. The normalized spacial score (nSPS) is 12.4. The Labute approximate surface area is 218 Å². The number of imidazole rings is 1. The van der Waals surface area contributed by atoms with Gasteiger partial charge in [0.15, 0.2) is 0 Å². The quantitative estimate of drug-likeness (QED) is 0.208. The van der Waals surface area contributed by atoms with Crippen LogP contribution >= 0.6 is 22.9 Å². The second-order valence-corrected chi connectivity index (χ2v) is 11.2. The Balaban J connectivity index is 1.64. The van der Waals surface area contributed by atoms with E-state index in [1.807, 2.05) is 47.8 Å². The van der Waals surface area contributed by atoms with Crippen LogP contribution in [0.15, 0.2) is 71.1 Å². The van der Waals surface area contributed by atoms with Crippen LogP contribution in [-0.4, -0.2) is 22.9 Å². The Morgan fingerprint density at radius 2 is 1.92 bits per heavy atom. The molecule has 2 N–H and O–H groups in total. The van der Waals surface area contributed by atoms with E-state index in [9.17, 15) is 18.5 Å². The van der Waals surface area contributed by atoms with Crippen LogP contribution in [0.1, 0.15) is 27.9 Å². The van der Waals surface area contributed by atoms with Crippen molar-refractivity contribution in [2.45, 2.75) is 30.8 Å². The van der Waals surface area contributed by atoms with Gasteiger partial charge in [0.05, 0.1) is 28.6 Å². The minimum atomic E-state index is -4.09. The molecule has 1 atom stereocenters. The number of anilines is 1. The molecule has 0 radical (unpaired) electrons. The van der Waals surface area contributed by atoms with Gasteiger partial charge in [0.1, 0.15) is 16.7 Å². The average molecular weight is 546 g/mol. The maximum atomic E-state index is 13.5. The number of thiophene rings is 1. The highest BCUT2D eigenvalue weighted by Crippen LogP contribution is 2.34. The highest BCUT2D eigenvalue weighted by Gasteiger charge is 2.29. The maximum Gasteiger partial charge on any atom is 0.296 e. The van der Waals surface area contributed by atoms with E-state index in [0.29, 0.717) is 17.4 Å². The van der Waals surface area contributed by atoms with Gasteiger partial charge in [0.2, 0.25) is 10.0 Å². The second-order valence-electron chi connectivity index (χ2n) is 8.13. The largest absolute Gasteiger partial charge is 0.372 e. The summed E-state index contributed by atoms with van der Waals surface area (Å²) in [6.45, 7) is 1.61. The molecule has 1 unspecified atom stereocenters. The SMILES string of the molecule is Cc1c(S(=O)(=O)NC(Cc2ccccc2)c2cccs2)ccc(NCc2ncc(Cl)n2C)c1[N+](=O)[O-]. The Bertz CT molecular complexity index is 1470. The van der Waals surface area contributed by atoms with Gasteiger partial charge in [-0.2, -0.15) is 0 Å². The fraction of sp³-hybridized carbons (Fsp3) is 0.208. The summed E-state index contributed by atoms with van der Waals surface area (Å²) in [7, 11) is -2.36. The summed E-state index contributed by atoms with van der Waals surface area (Å²) in [6.07, 6.45) is 1.92. The van der Waals surface area contributed by atoms with E-state index in [0.717, 1.165) is 10.4 Å². The van der Waals surface area contributed by atoms with Crippen molar-refractivity contribution in [1.82, 2.24) is 14.3 Å². The van der Waals surface area contributed by atoms with Crippen molar-refractivity contribution in [2.75, 3.05) is 5.32 Å². The zero-order valence-corrected chi connectivity index (χ0v) is 21.9. The van der Waals surface area contributed by atoms with Gasteiger partial charge in [-0.25, -0.2) is 18.1 Å². The molecule has 0 fully saturated rings. The van der Waals surface area contributed by atoms with E-state index in [-0.39, 0.29) is 28.4 Å². The van der Waals surface area contributed by atoms with Gasteiger partial charge in [-0.15, -0.1) is 11.3 Å². The number of nitrogens with zero attached hydrogens (tertiary/aromatic N) is 3. The first-order valence-corrected chi connectivity index (χ1v) is 13.7. The molecule has 9 nitrogen and oxygen atoms in total. The lowest BCUT2D eigenvalue weighted by Gasteiger charge is -2.19. The lowest BCUT2D eigenvalue weighted by molar-refractivity contribution is -0.384. The van der Waals surface area contributed by atoms with E-state index in [1.165, 1.54) is 36.6 Å². The molecule has 0 spiro atoms. The molecule has 0 aliphatic heterocycles. The van der Waals surface area contributed by atoms with E-state index in [4.69, 9.17) is 11.6 Å². The number of hydrogen-bond acceptors (Lipinski definition) is 7. The number of aromatic nitrogens is 2. The molecule has 4 rings (SSSR count). The van der Waals surface area contributed by atoms with E-state index >= 15 is 0 Å². The molecule has 4 aromatic rings. The maximum absolute atomic E-state index is 13.5. The molecule has 36 heavy (non-hydrogen) atoms. The zero-order chi connectivity index (χ0) is 25.9. The lowest BCUT2D eigenvalue weighted by atomic mass is 10.1. The molecule has 0 bridgehead atoms. The van der Waals surface area contributed by atoms with Crippen LogP contribution in [0.25, 0.3) is 0 Å². The molecule has 0 aliphatic rings. The van der Waals surface area contributed by atoms with Crippen molar-refractivity contribution in [1.29, 1.82) is 0 Å². The van der Waals surface area contributed by atoms with Gasteiger partial charge in [0.25, 0.3) is 5.69 Å².